The van der Waals surface area contributed by atoms with Crippen molar-refractivity contribution < 1.29 is 18.9 Å². The maximum atomic E-state index is 5.90. The van der Waals surface area contributed by atoms with Crippen molar-refractivity contribution in [3.05, 3.63) is 47.5 Å². The number of rotatable bonds is 8. The number of benzene rings is 2. The van der Waals surface area contributed by atoms with Gasteiger partial charge in [0.05, 0.1) is 13.7 Å². The Kier molecular flexibility index (Phi) is 6.69. The van der Waals surface area contributed by atoms with Crippen LogP contribution in [0.4, 0.5) is 0 Å². The predicted octanol–water partition coefficient (Wildman–Crippen LogP) is 3.96. The van der Waals surface area contributed by atoms with E-state index in [1.165, 1.54) is 43.6 Å². The summed E-state index contributed by atoms with van der Waals surface area (Å²) in [6.07, 6.45) is 4.80. The van der Waals surface area contributed by atoms with Crippen LogP contribution in [0.3, 0.4) is 0 Å². The quantitative estimate of drug-likeness (QED) is 0.581. The van der Waals surface area contributed by atoms with Gasteiger partial charge in [-0.15, -0.1) is 0 Å². The van der Waals surface area contributed by atoms with Crippen molar-refractivity contribution in [1.82, 2.24) is 9.80 Å². The van der Waals surface area contributed by atoms with Crippen molar-refractivity contribution in [2.45, 2.75) is 32.2 Å². The van der Waals surface area contributed by atoms with Gasteiger partial charge in [-0.2, -0.15) is 0 Å². The zero-order valence-electron chi connectivity index (χ0n) is 19.1. The lowest BCUT2D eigenvalue weighted by atomic mass is 9.94. The Morgan fingerprint density at radius 3 is 2.56 bits per heavy atom. The third-order valence-corrected chi connectivity index (χ3v) is 6.85. The smallest absolute Gasteiger partial charge is 0.231 e. The monoisotopic (exact) mass is 438 g/mol. The SMILES string of the molecule is COc1ccc(OCCCN2CCCC(CN3CCc4cc5c(cc4C3)OCO5)C2)cc1. The van der Waals surface area contributed by atoms with Crippen LogP contribution in [0.15, 0.2) is 36.4 Å². The molecular weight excluding hydrogens is 404 g/mol. The summed E-state index contributed by atoms with van der Waals surface area (Å²) < 4.78 is 22.2. The zero-order chi connectivity index (χ0) is 21.8. The van der Waals surface area contributed by atoms with Crippen LogP contribution in [0, 0.1) is 5.92 Å². The molecule has 6 heteroatoms. The van der Waals surface area contributed by atoms with E-state index in [4.69, 9.17) is 18.9 Å². The van der Waals surface area contributed by atoms with E-state index < -0.39 is 0 Å². The Morgan fingerprint density at radius 2 is 1.75 bits per heavy atom. The van der Waals surface area contributed by atoms with Crippen LogP contribution in [0.5, 0.6) is 23.0 Å². The van der Waals surface area contributed by atoms with Crippen LogP contribution in [0.25, 0.3) is 0 Å². The summed E-state index contributed by atoms with van der Waals surface area (Å²) >= 11 is 0. The molecule has 1 atom stereocenters. The highest BCUT2D eigenvalue weighted by Crippen LogP contribution is 2.37. The number of hydrogen-bond donors (Lipinski definition) is 0. The lowest BCUT2D eigenvalue weighted by molar-refractivity contribution is 0.121. The molecule has 0 saturated carbocycles. The fraction of sp³-hybridized carbons (Fsp3) is 0.538. The molecule has 3 aliphatic rings. The summed E-state index contributed by atoms with van der Waals surface area (Å²) in [6.45, 7) is 7.98. The van der Waals surface area contributed by atoms with Crippen molar-refractivity contribution in [1.29, 1.82) is 0 Å². The van der Waals surface area contributed by atoms with Crippen LogP contribution in [0.1, 0.15) is 30.4 Å². The second kappa shape index (κ2) is 10.0. The largest absolute Gasteiger partial charge is 0.497 e. The standard InChI is InChI=1S/C26H34N2O4/c1-29-23-5-7-24(8-6-23)30-13-3-11-27-10-2-4-20(16-27)17-28-12-9-21-14-25-26(32-19-31-25)15-22(21)18-28/h5-8,14-15,20H,2-4,9-13,16-19H2,1H3. The first-order valence-electron chi connectivity index (χ1n) is 11.9. The van der Waals surface area contributed by atoms with E-state index in [1.807, 2.05) is 24.3 Å². The highest BCUT2D eigenvalue weighted by atomic mass is 16.7. The topological polar surface area (TPSA) is 43.4 Å². The van der Waals surface area contributed by atoms with Gasteiger partial charge in [0.2, 0.25) is 6.79 Å². The Morgan fingerprint density at radius 1 is 0.969 bits per heavy atom. The fourth-order valence-electron chi connectivity index (χ4n) is 5.18. The molecule has 3 aliphatic heterocycles. The molecule has 1 fully saturated rings. The maximum Gasteiger partial charge on any atom is 0.231 e. The summed E-state index contributed by atoms with van der Waals surface area (Å²) in [5.74, 6) is 4.35. The van der Waals surface area contributed by atoms with Crippen molar-refractivity contribution in [2.24, 2.45) is 5.92 Å². The molecule has 2 aromatic rings. The molecule has 32 heavy (non-hydrogen) atoms. The second-order valence-corrected chi connectivity index (χ2v) is 9.15. The molecule has 2 aromatic carbocycles. The Balaban J connectivity index is 1.05. The molecule has 172 valence electrons. The van der Waals surface area contributed by atoms with E-state index in [2.05, 4.69) is 21.9 Å². The first-order valence-corrected chi connectivity index (χ1v) is 11.9. The predicted molar refractivity (Wildman–Crippen MR) is 124 cm³/mol. The molecule has 6 nitrogen and oxygen atoms in total. The van der Waals surface area contributed by atoms with Crippen molar-refractivity contribution >= 4 is 0 Å². The molecule has 0 bridgehead atoms. The van der Waals surface area contributed by atoms with E-state index in [1.54, 1.807) is 7.11 Å². The molecule has 0 spiro atoms. The third kappa shape index (κ3) is 5.13. The molecule has 1 saturated heterocycles. The molecule has 0 aliphatic carbocycles. The zero-order valence-corrected chi connectivity index (χ0v) is 19.1. The number of ether oxygens (including phenoxy) is 4. The first-order chi connectivity index (χ1) is 15.8. The van der Waals surface area contributed by atoms with Gasteiger partial charge in [0, 0.05) is 32.7 Å². The van der Waals surface area contributed by atoms with Crippen molar-refractivity contribution in [3.8, 4) is 23.0 Å². The van der Waals surface area contributed by atoms with Gasteiger partial charge >= 0.3 is 0 Å². The molecule has 0 radical (unpaired) electrons. The maximum absolute atomic E-state index is 5.90. The highest BCUT2D eigenvalue weighted by Gasteiger charge is 2.26. The minimum absolute atomic E-state index is 0.352. The van der Waals surface area contributed by atoms with Crippen molar-refractivity contribution in [3.63, 3.8) is 0 Å². The van der Waals surface area contributed by atoms with Gasteiger partial charge < -0.3 is 23.8 Å². The highest BCUT2D eigenvalue weighted by molar-refractivity contribution is 5.49. The molecule has 1 unspecified atom stereocenters. The van der Waals surface area contributed by atoms with Gasteiger partial charge in [-0.3, -0.25) is 4.90 Å². The average Bonchev–Trinajstić information content (AvgIpc) is 3.28. The molecule has 0 amide bonds. The summed E-state index contributed by atoms with van der Waals surface area (Å²) in [6, 6.07) is 12.2. The molecule has 0 aromatic heterocycles. The summed E-state index contributed by atoms with van der Waals surface area (Å²) in [7, 11) is 1.68. The Bertz CT molecular complexity index is 901. The van der Waals surface area contributed by atoms with E-state index in [-0.39, 0.29) is 0 Å². The molecule has 0 N–H and O–H groups in total. The van der Waals surface area contributed by atoms with Crippen LogP contribution >= 0.6 is 0 Å². The fourth-order valence-corrected chi connectivity index (χ4v) is 5.18. The van der Waals surface area contributed by atoms with Gasteiger partial charge in [0.15, 0.2) is 11.5 Å². The van der Waals surface area contributed by atoms with Crippen LogP contribution in [-0.2, 0) is 13.0 Å². The van der Waals surface area contributed by atoms with Gasteiger partial charge in [-0.25, -0.2) is 0 Å². The van der Waals surface area contributed by atoms with Crippen molar-refractivity contribution in [2.75, 3.05) is 53.2 Å². The minimum Gasteiger partial charge on any atom is -0.497 e. The number of methoxy groups -OCH3 is 1. The number of fused-ring (bicyclic) bond motifs is 2. The number of hydrogen-bond acceptors (Lipinski definition) is 6. The summed E-state index contributed by atoms with van der Waals surface area (Å²) in [5.41, 5.74) is 2.83. The number of piperidine rings is 1. The number of likely N-dealkylation sites (tertiary alicyclic amines) is 1. The molecular formula is C26H34N2O4. The normalized spacial score (nSPS) is 20.7. The average molecular weight is 439 g/mol. The number of nitrogens with zero attached hydrogens (tertiary/aromatic N) is 2. The van der Waals surface area contributed by atoms with E-state index in [0.29, 0.717) is 6.79 Å². The van der Waals surface area contributed by atoms with E-state index in [9.17, 15) is 0 Å². The van der Waals surface area contributed by atoms with Gasteiger partial charge in [-0.05, 0) is 85.7 Å². The van der Waals surface area contributed by atoms with Gasteiger partial charge in [0.25, 0.3) is 0 Å². The molecule has 5 rings (SSSR count). The van der Waals surface area contributed by atoms with Crippen LogP contribution < -0.4 is 18.9 Å². The Hall–Kier alpha value is -2.44. The lowest BCUT2D eigenvalue weighted by Crippen LogP contribution is -2.42. The van der Waals surface area contributed by atoms with Crippen LogP contribution in [0.2, 0.25) is 0 Å². The summed E-state index contributed by atoms with van der Waals surface area (Å²) in [5, 5.41) is 0. The third-order valence-electron chi connectivity index (χ3n) is 6.85. The van der Waals surface area contributed by atoms with Gasteiger partial charge in [0.1, 0.15) is 11.5 Å². The van der Waals surface area contributed by atoms with E-state index >= 15 is 0 Å². The second-order valence-electron chi connectivity index (χ2n) is 9.15. The van der Waals surface area contributed by atoms with Gasteiger partial charge in [-0.1, -0.05) is 0 Å². The Labute approximate surface area is 191 Å². The minimum atomic E-state index is 0.352. The van der Waals surface area contributed by atoms with E-state index in [0.717, 1.165) is 68.0 Å². The van der Waals surface area contributed by atoms with Crippen LogP contribution in [-0.4, -0.2) is 63.0 Å². The lowest BCUT2D eigenvalue weighted by Gasteiger charge is -2.37. The summed E-state index contributed by atoms with van der Waals surface area (Å²) in [4.78, 5) is 5.26. The molecule has 3 heterocycles. The first kappa shape index (κ1) is 21.4.